The third-order valence-electron chi connectivity index (χ3n) is 3.93. The Kier molecular flexibility index (Phi) is 3.64. The van der Waals surface area contributed by atoms with E-state index in [2.05, 4.69) is 9.55 Å². The van der Waals surface area contributed by atoms with Gasteiger partial charge >= 0.3 is 5.97 Å². The van der Waals surface area contributed by atoms with Crippen LogP contribution in [0.5, 0.6) is 5.75 Å². The van der Waals surface area contributed by atoms with Crippen molar-refractivity contribution in [2.45, 2.75) is 18.9 Å². The highest BCUT2D eigenvalue weighted by Gasteiger charge is 2.46. The van der Waals surface area contributed by atoms with Gasteiger partial charge in [0.05, 0.1) is 26.5 Å². The lowest BCUT2D eigenvalue weighted by atomic mass is 10.2. The van der Waals surface area contributed by atoms with E-state index in [1.54, 1.807) is 7.11 Å². The number of esters is 1. The molecular formula is C16H18N2O3. The lowest BCUT2D eigenvalue weighted by molar-refractivity contribution is -0.142. The Bertz CT molecular complexity index is 633. The highest BCUT2D eigenvalue weighted by atomic mass is 16.5. The third-order valence-corrected chi connectivity index (χ3v) is 3.93. The molecule has 1 fully saturated rings. The summed E-state index contributed by atoms with van der Waals surface area (Å²) in [6.45, 7) is 0.740. The number of imidazole rings is 1. The first-order valence-electron chi connectivity index (χ1n) is 6.93. The SMILES string of the molecule is COC(=O)[C@H]1C[C@@H]1c1cncn1Cc1ccc(OC)cc1. The van der Waals surface area contributed by atoms with E-state index in [1.807, 2.05) is 36.8 Å². The van der Waals surface area contributed by atoms with Crippen LogP contribution in [0.3, 0.4) is 0 Å². The second-order valence-corrected chi connectivity index (χ2v) is 5.27. The molecule has 3 rings (SSSR count). The van der Waals surface area contributed by atoms with Gasteiger partial charge < -0.3 is 14.0 Å². The Labute approximate surface area is 123 Å². The van der Waals surface area contributed by atoms with E-state index in [0.717, 1.165) is 24.4 Å². The number of rotatable bonds is 5. The van der Waals surface area contributed by atoms with Gasteiger partial charge in [0.25, 0.3) is 0 Å². The molecule has 0 aliphatic heterocycles. The van der Waals surface area contributed by atoms with Gasteiger partial charge in [0.15, 0.2) is 0 Å². The average Bonchev–Trinajstić information content (AvgIpc) is 3.19. The molecule has 21 heavy (non-hydrogen) atoms. The van der Waals surface area contributed by atoms with E-state index < -0.39 is 0 Å². The van der Waals surface area contributed by atoms with Crippen molar-refractivity contribution in [1.29, 1.82) is 0 Å². The minimum atomic E-state index is -0.128. The predicted octanol–water partition coefficient (Wildman–Crippen LogP) is 2.22. The molecule has 0 unspecified atom stereocenters. The number of nitrogens with zero attached hydrogens (tertiary/aromatic N) is 2. The van der Waals surface area contributed by atoms with E-state index in [9.17, 15) is 4.79 Å². The Morgan fingerprint density at radius 1 is 1.33 bits per heavy atom. The van der Waals surface area contributed by atoms with Crippen molar-refractivity contribution >= 4 is 5.97 Å². The number of ether oxygens (including phenoxy) is 2. The first kappa shape index (κ1) is 13.7. The van der Waals surface area contributed by atoms with Crippen molar-refractivity contribution in [3.05, 3.63) is 48.0 Å². The number of carbonyl (C=O) groups excluding carboxylic acids is 1. The predicted molar refractivity (Wildman–Crippen MR) is 77.2 cm³/mol. The number of methoxy groups -OCH3 is 2. The van der Waals surface area contributed by atoms with Gasteiger partial charge in [0, 0.05) is 24.4 Å². The van der Waals surface area contributed by atoms with Gasteiger partial charge in [-0.15, -0.1) is 0 Å². The Morgan fingerprint density at radius 2 is 2.10 bits per heavy atom. The first-order valence-corrected chi connectivity index (χ1v) is 6.93. The number of hydrogen-bond acceptors (Lipinski definition) is 4. The largest absolute Gasteiger partial charge is 0.497 e. The van der Waals surface area contributed by atoms with Crippen molar-refractivity contribution in [3.8, 4) is 5.75 Å². The van der Waals surface area contributed by atoms with E-state index >= 15 is 0 Å². The molecule has 5 nitrogen and oxygen atoms in total. The lowest BCUT2D eigenvalue weighted by Crippen LogP contribution is -2.07. The number of aromatic nitrogens is 2. The molecule has 2 aromatic rings. The second-order valence-electron chi connectivity index (χ2n) is 5.27. The summed E-state index contributed by atoms with van der Waals surface area (Å²) in [6.07, 6.45) is 4.50. The summed E-state index contributed by atoms with van der Waals surface area (Å²) < 4.78 is 12.1. The maximum Gasteiger partial charge on any atom is 0.309 e. The van der Waals surface area contributed by atoms with Gasteiger partial charge in [-0.05, 0) is 24.1 Å². The monoisotopic (exact) mass is 286 g/mol. The molecule has 2 atom stereocenters. The molecular weight excluding hydrogens is 268 g/mol. The summed E-state index contributed by atoms with van der Waals surface area (Å²) in [5.74, 6) is 0.939. The average molecular weight is 286 g/mol. The van der Waals surface area contributed by atoms with Crippen molar-refractivity contribution in [2.24, 2.45) is 5.92 Å². The van der Waals surface area contributed by atoms with Crippen LogP contribution in [-0.2, 0) is 16.1 Å². The van der Waals surface area contributed by atoms with Crippen LogP contribution in [-0.4, -0.2) is 29.7 Å². The van der Waals surface area contributed by atoms with E-state index in [0.29, 0.717) is 0 Å². The molecule has 1 heterocycles. The van der Waals surface area contributed by atoms with Crippen LogP contribution in [0.1, 0.15) is 23.6 Å². The highest BCUT2D eigenvalue weighted by Crippen LogP contribution is 2.48. The van der Waals surface area contributed by atoms with Gasteiger partial charge in [0.2, 0.25) is 0 Å². The van der Waals surface area contributed by atoms with Crippen LogP contribution >= 0.6 is 0 Å². The molecule has 1 aromatic heterocycles. The van der Waals surface area contributed by atoms with E-state index in [4.69, 9.17) is 9.47 Å². The topological polar surface area (TPSA) is 53.3 Å². The molecule has 110 valence electrons. The van der Waals surface area contributed by atoms with Crippen molar-refractivity contribution in [1.82, 2.24) is 9.55 Å². The maximum absolute atomic E-state index is 11.6. The fourth-order valence-electron chi connectivity index (χ4n) is 2.63. The van der Waals surface area contributed by atoms with Crippen LogP contribution in [0.25, 0.3) is 0 Å². The summed E-state index contributed by atoms with van der Waals surface area (Å²) in [6, 6.07) is 7.96. The summed E-state index contributed by atoms with van der Waals surface area (Å²) in [5.41, 5.74) is 2.27. The van der Waals surface area contributed by atoms with Gasteiger partial charge in [-0.1, -0.05) is 12.1 Å². The minimum Gasteiger partial charge on any atom is -0.497 e. The number of carbonyl (C=O) groups is 1. The molecule has 0 radical (unpaired) electrons. The zero-order valence-corrected chi connectivity index (χ0v) is 12.2. The molecule has 0 amide bonds. The van der Waals surface area contributed by atoms with Crippen LogP contribution in [0, 0.1) is 5.92 Å². The zero-order valence-electron chi connectivity index (χ0n) is 12.2. The maximum atomic E-state index is 11.6. The van der Waals surface area contributed by atoms with Gasteiger partial charge in [0.1, 0.15) is 5.75 Å². The second kappa shape index (κ2) is 5.60. The zero-order chi connectivity index (χ0) is 14.8. The van der Waals surface area contributed by atoms with Crippen molar-refractivity contribution in [3.63, 3.8) is 0 Å². The third kappa shape index (κ3) is 2.77. The smallest absolute Gasteiger partial charge is 0.309 e. The molecule has 1 aromatic carbocycles. The summed E-state index contributed by atoms with van der Waals surface area (Å²) >= 11 is 0. The fraction of sp³-hybridized carbons (Fsp3) is 0.375. The lowest BCUT2D eigenvalue weighted by Gasteiger charge is -2.08. The molecule has 0 spiro atoms. The molecule has 0 bridgehead atoms. The Hall–Kier alpha value is -2.30. The Balaban J connectivity index is 1.72. The summed E-state index contributed by atoms with van der Waals surface area (Å²) in [5, 5.41) is 0. The van der Waals surface area contributed by atoms with Crippen LogP contribution in [0.15, 0.2) is 36.8 Å². The molecule has 0 N–H and O–H groups in total. The first-order chi connectivity index (χ1) is 10.2. The quantitative estimate of drug-likeness (QED) is 0.791. The van der Waals surface area contributed by atoms with E-state index in [1.165, 1.54) is 12.7 Å². The van der Waals surface area contributed by atoms with Gasteiger partial charge in [-0.3, -0.25) is 4.79 Å². The van der Waals surface area contributed by atoms with Crippen LogP contribution in [0.2, 0.25) is 0 Å². The van der Waals surface area contributed by atoms with Crippen molar-refractivity contribution in [2.75, 3.05) is 14.2 Å². The van der Waals surface area contributed by atoms with Gasteiger partial charge in [-0.2, -0.15) is 0 Å². The van der Waals surface area contributed by atoms with E-state index in [-0.39, 0.29) is 17.8 Å². The van der Waals surface area contributed by atoms with Crippen LogP contribution < -0.4 is 4.74 Å². The molecule has 1 aliphatic carbocycles. The van der Waals surface area contributed by atoms with Crippen molar-refractivity contribution < 1.29 is 14.3 Å². The summed E-state index contributed by atoms with van der Waals surface area (Å²) in [7, 11) is 3.09. The number of hydrogen-bond donors (Lipinski definition) is 0. The minimum absolute atomic E-state index is 0.0127. The highest BCUT2D eigenvalue weighted by molar-refractivity contribution is 5.77. The fourth-order valence-corrected chi connectivity index (χ4v) is 2.63. The van der Waals surface area contributed by atoms with Crippen LogP contribution in [0.4, 0.5) is 0 Å². The molecule has 1 aliphatic rings. The Morgan fingerprint density at radius 3 is 2.76 bits per heavy atom. The van der Waals surface area contributed by atoms with Gasteiger partial charge in [-0.25, -0.2) is 4.98 Å². The summed E-state index contributed by atoms with van der Waals surface area (Å²) in [4.78, 5) is 15.8. The normalized spacial score (nSPS) is 20.1. The molecule has 0 saturated heterocycles. The molecule has 5 heteroatoms. The standard InChI is InChI=1S/C16H18N2O3/c1-20-12-5-3-11(4-6-12)9-18-10-17-8-15(18)13-7-14(13)16(19)21-2/h3-6,8,10,13-14H,7,9H2,1-2H3/t13-,14-/m0/s1. The molecule has 1 saturated carbocycles. The number of benzene rings is 1.